The highest BCUT2D eigenvalue weighted by Crippen LogP contribution is 2.25. The molecule has 1 fully saturated rings. The second kappa shape index (κ2) is 19.5. The van der Waals surface area contributed by atoms with Crippen LogP contribution in [0, 0.1) is 11.7 Å². The van der Waals surface area contributed by atoms with Crippen LogP contribution in [0.1, 0.15) is 59.7 Å². The number of amides is 2. The number of benzene rings is 3. The summed E-state index contributed by atoms with van der Waals surface area (Å²) in [6, 6.07) is 20.1. The summed E-state index contributed by atoms with van der Waals surface area (Å²) in [6.45, 7) is 4.62. The van der Waals surface area contributed by atoms with Gasteiger partial charge in [0.25, 0.3) is 5.91 Å². The van der Waals surface area contributed by atoms with Crippen LogP contribution in [0.15, 0.2) is 84.9 Å². The summed E-state index contributed by atoms with van der Waals surface area (Å²) in [5.74, 6) is -2.42. The number of aliphatic carboxylic acids is 2. The number of unbranched alkanes of at least 4 members (excludes halogenated alkanes) is 1. The van der Waals surface area contributed by atoms with Crippen molar-refractivity contribution >= 4 is 40.9 Å². The zero-order chi connectivity index (χ0) is 35.8. The van der Waals surface area contributed by atoms with Crippen LogP contribution in [0.25, 0.3) is 0 Å². The van der Waals surface area contributed by atoms with E-state index in [1.807, 2.05) is 31.2 Å². The summed E-state index contributed by atoms with van der Waals surface area (Å²) in [5.41, 5.74) is 2.45. The molecule has 3 aromatic carbocycles. The third kappa shape index (κ3) is 12.6. The Morgan fingerprint density at radius 2 is 1.53 bits per heavy atom. The number of piperidine rings is 1. The van der Waals surface area contributed by atoms with Crippen molar-refractivity contribution in [2.75, 3.05) is 43.5 Å². The molecule has 0 unspecified atom stereocenters. The number of halogens is 1. The molecule has 0 aromatic heterocycles. The largest absolute Gasteiger partial charge is 0.497 e. The van der Waals surface area contributed by atoms with Crippen molar-refractivity contribution in [3.8, 4) is 5.75 Å². The molecule has 4 rings (SSSR count). The quantitative estimate of drug-likeness (QED) is 0.140. The number of nitrogens with zero attached hydrogens (tertiary/aromatic N) is 2. The Morgan fingerprint density at radius 1 is 0.918 bits per heavy atom. The fourth-order valence-electron chi connectivity index (χ4n) is 5.19. The Morgan fingerprint density at radius 3 is 2.10 bits per heavy atom. The highest BCUT2D eigenvalue weighted by Gasteiger charge is 2.27. The third-order valence-electron chi connectivity index (χ3n) is 7.88. The van der Waals surface area contributed by atoms with Gasteiger partial charge in [0, 0.05) is 66.1 Å². The summed E-state index contributed by atoms with van der Waals surface area (Å²) in [5, 5.41) is 18.5. The minimum absolute atomic E-state index is 0.0351. The van der Waals surface area contributed by atoms with E-state index in [2.05, 4.69) is 10.2 Å². The van der Waals surface area contributed by atoms with Gasteiger partial charge >= 0.3 is 11.9 Å². The van der Waals surface area contributed by atoms with E-state index in [0.717, 1.165) is 44.5 Å². The van der Waals surface area contributed by atoms with Gasteiger partial charge < -0.3 is 30.1 Å². The fourth-order valence-corrected chi connectivity index (χ4v) is 5.19. The number of ketones is 1. The molecule has 0 spiro atoms. The highest BCUT2D eigenvalue weighted by atomic mass is 19.1. The van der Waals surface area contributed by atoms with Gasteiger partial charge in [0.2, 0.25) is 5.91 Å². The number of carbonyl (C=O) groups excluding carboxylic acids is 3. The van der Waals surface area contributed by atoms with Gasteiger partial charge in [-0.1, -0.05) is 19.4 Å². The average molecular weight is 676 g/mol. The highest BCUT2D eigenvalue weighted by molar-refractivity contribution is 6.06. The second-order valence-electron chi connectivity index (χ2n) is 11.4. The normalized spacial score (nSPS) is 13.2. The van der Waals surface area contributed by atoms with Crippen LogP contribution >= 0.6 is 0 Å². The number of ether oxygens (including phenoxy) is 1. The van der Waals surface area contributed by atoms with Crippen molar-refractivity contribution in [1.82, 2.24) is 4.90 Å². The molecular weight excluding hydrogens is 633 g/mol. The van der Waals surface area contributed by atoms with Gasteiger partial charge in [-0.25, -0.2) is 14.0 Å². The van der Waals surface area contributed by atoms with Gasteiger partial charge in [-0.05, 0) is 93.0 Å². The van der Waals surface area contributed by atoms with Crippen molar-refractivity contribution < 1.29 is 43.3 Å². The van der Waals surface area contributed by atoms with E-state index in [1.165, 1.54) is 12.1 Å². The number of carbonyl (C=O) groups is 5. The number of hydrogen-bond acceptors (Lipinski definition) is 7. The maximum atomic E-state index is 13.7. The lowest BCUT2D eigenvalue weighted by molar-refractivity contribution is -0.134. The van der Waals surface area contributed by atoms with Crippen LogP contribution in [-0.2, 0) is 14.4 Å². The van der Waals surface area contributed by atoms with E-state index in [9.17, 15) is 28.4 Å². The molecule has 0 saturated carbocycles. The number of rotatable bonds is 14. The molecule has 11 nitrogen and oxygen atoms in total. The van der Waals surface area contributed by atoms with E-state index < -0.39 is 11.9 Å². The SMILES string of the molecule is CCCCC(=O)Nc1ccc(C(=O)N(CCN2CCC(C(=O)c3ccc(F)cc3)CC2)c2cccc(OC)c2)cc1.O=C(O)C=CC(=O)O. The van der Waals surface area contributed by atoms with Crippen LogP contribution in [-0.4, -0.2) is 77.9 Å². The van der Waals surface area contributed by atoms with E-state index in [4.69, 9.17) is 14.9 Å². The Bertz CT molecular complexity index is 1580. The molecule has 1 saturated heterocycles. The Hall–Kier alpha value is -5.36. The minimum atomic E-state index is -1.26. The first-order valence-electron chi connectivity index (χ1n) is 16.0. The summed E-state index contributed by atoms with van der Waals surface area (Å²) in [7, 11) is 1.59. The van der Waals surface area contributed by atoms with Crippen LogP contribution in [0.3, 0.4) is 0 Å². The van der Waals surface area contributed by atoms with Crippen LogP contribution < -0.4 is 15.0 Å². The standard InChI is InChI=1S/C33H38FN3O4.C4H4O4/c1-3-4-8-31(38)35-28-15-11-26(12-16-28)33(40)37(29-6-5-7-30(23-29)41-2)22-21-36-19-17-25(18-20-36)32(39)24-9-13-27(34)14-10-24;5-3(6)1-2-4(7)8/h5-7,9-16,23,25H,3-4,8,17-22H2,1-2H3,(H,35,38);1-2H,(H,5,6)(H,7,8). The molecular formula is C37H42FN3O8. The Labute approximate surface area is 285 Å². The number of carboxylic acids is 2. The number of hydrogen-bond donors (Lipinski definition) is 3. The van der Waals surface area contributed by atoms with Crippen LogP contribution in [0.2, 0.25) is 0 Å². The average Bonchev–Trinajstić information content (AvgIpc) is 3.11. The molecule has 1 heterocycles. The second-order valence-corrected chi connectivity index (χ2v) is 11.4. The van der Waals surface area contributed by atoms with E-state index in [0.29, 0.717) is 54.2 Å². The molecule has 260 valence electrons. The van der Waals surface area contributed by atoms with Gasteiger partial charge in [0.1, 0.15) is 11.6 Å². The molecule has 1 aliphatic heterocycles. The first-order chi connectivity index (χ1) is 23.5. The molecule has 0 atom stereocenters. The molecule has 1 aliphatic rings. The van der Waals surface area contributed by atoms with Crippen LogP contribution in [0.5, 0.6) is 5.75 Å². The summed E-state index contributed by atoms with van der Waals surface area (Å²) < 4.78 is 18.7. The molecule has 3 aromatic rings. The molecule has 0 aliphatic carbocycles. The number of anilines is 2. The maximum Gasteiger partial charge on any atom is 0.328 e. The fraction of sp³-hybridized carbons (Fsp3) is 0.324. The Balaban J connectivity index is 0.000000723. The molecule has 12 heteroatoms. The number of likely N-dealkylation sites (tertiary alicyclic amines) is 1. The molecule has 0 radical (unpaired) electrons. The summed E-state index contributed by atoms with van der Waals surface area (Å²) >= 11 is 0. The van der Waals surface area contributed by atoms with Crippen LogP contribution in [0.4, 0.5) is 15.8 Å². The van der Waals surface area contributed by atoms with Gasteiger partial charge in [0.15, 0.2) is 5.78 Å². The van der Waals surface area contributed by atoms with E-state index in [-0.39, 0.29) is 29.3 Å². The predicted octanol–water partition coefficient (Wildman–Crippen LogP) is 5.92. The number of Topliss-reactive ketones (excluding diaryl/α,β-unsaturated/α-hetero) is 1. The van der Waals surface area contributed by atoms with Gasteiger partial charge in [-0.3, -0.25) is 14.4 Å². The van der Waals surface area contributed by atoms with E-state index >= 15 is 0 Å². The van der Waals surface area contributed by atoms with Gasteiger partial charge in [-0.2, -0.15) is 0 Å². The van der Waals surface area contributed by atoms with Crippen molar-refractivity contribution in [3.05, 3.63) is 102 Å². The van der Waals surface area contributed by atoms with Gasteiger partial charge in [0.05, 0.1) is 7.11 Å². The molecule has 3 N–H and O–H groups in total. The van der Waals surface area contributed by atoms with Crippen molar-refractivity contribution in [1.29, 1.82) is 0 Å². The smallest absolute Gasteiger partial charge is 0.328 e. The topological polar surface area (TPSA) is 154 Å². The lowest BCUT2D eigenvalue weighted by Gasteiger charge is -2.33. The predicted molar refractivity (Wildman–Crippen MR) is 184 cm³/mol. The minimum Gasteiger partial charge on any atom is -0.497 e. The maximum absolute atomic E-state index is 13.7. The summed E-state index contributed by atoms with van der Waals surface area (Å²) in [6.07, 6.45) is 4.81. The van der Waals surface area contributed by atoms with Gasteiger partial charge in [-0.15, -0.1) is 0 Å². The lowest BCUT2D eigenvalue weighted by atomic mass is 9.89. The van der Waals surface area contributed by atoms with Crippen molar-refractivity contribution in [3.63, 3.8) is 0 Å². The summed E-state index contributed by atoms with van der Waals surface area (Å²) in [4.78, 5) is 61.8. The number of methoxy groups -OCH3 is 1. The first kappa shape index (κ1) is 38.1. The van der Waals surface area contributed by atoms with Crippen molar-refractivity contribution in [2.24, 2.45) is 5.92 Å². The molecule has 2 amide bonds. The monoisotopic (exact) mass is 675 g/mol. The van der Waals surface area contributed by atoms with E-state index in [1.54, 1.807) is 48.4 Å². The zero-order valence-electron chi connectivity index (χ0n) is 27.6. The number of nitrogens with one attached hydrogen (secondary N) is 1. The zero-order valence-corrected chi connectivity index (χ0v) is 27.6. The number of carboxylic acid groups (broad SMARTS) is 2. The van der Waals surface area contributed by atoms with Crippen molar-refractivity contribution in [2.45, 2.75) is 39.0 Å². The third-order valence-corrected chi connectivity index (χ3v) is 7.88. The lowest BCUT2D eigenvalue weighted by Crippen LogP contribution is -2.42. The Kier molecular flexibility index (Phi) is 15.1. The molecule has 0 bridgehead atoms. The first-order valence-corrected chi connectivity index (χ1v) is 16.0. The molecule has 49 heavy (non-hydrogen) atoms.